The zero-order valence-electron chi connectivity index (χ0n) is 12.9. The largest absolute Gasteiger partial charge is 0.376 e. The molecule has 2 heterocycles. The molecule has 2 aliphatic heterocycles. The molecule has 0 spiro atoms. The van der Waals surface area contributed by atoms with E-state index in [4.69, 9.17) is 10.5 Å². The Morgan fingerprint density at radius 3 is 2.79 bits per heavy atom. The molecule has 0 aliphatic carbocycles. The zero-order valence-corrected chi connectivity index (χ0v) is 12.9. The Kier molecular flexibility index (Phi) is 5.23. The van der Waals surface area contributed by atoms with Gasteiger partial charge in [-0.15, -0.1) is 0 Å². The highest BCUT2D eigenvalue weighted by molar-refractivity contribution is 4.98. The quantitative estimate of drug-likeness (QED) is 0.838. The van der Waals surface area contributed by atoms with Crippen LogP contribution in [0.4, 0.5) is 0 Å². The van der Waals surface area contributed by atoms with Crippen molar-refractivity contribution in [1.29, 1.82) is 0 Å². The van der Waals surface area contributed by atoms with Gasteiger partial charge < -0.3 is 15.4 Å². The van der Waals surface area contributed by atoms with Gasteiger partial charge in [0.25, 0.3) is 0 Å². The van der Waals surface area contributed by atoms with Gasteiger partial charge in [0, 0.05) is 24.7 Å². The van der Waals surface area contributed by atoms with Crippen LogP contribution < -0.4 is 5.73 Å². The number of likely N-dealkylation sites (tertiary alicyclic amines) is 1. The average Bonchev–Trinajstić information content (AvgIpc) is 2.61. The highest BCUT2D eigenvalue weighted by atomic mass is 16.5. The van der Waals surface area contributed by atoms with Gasteiger partial charge >= 0.3 is 0 Å². The maximum Gasteiger partial charge on any atom is 0.0675 e. The van der Waals surface area contributed by atoms with Crippen LogP contribution in [0.5, 0.6) is 0 Å². The summed E-state index contributed by atoms with van der Waals surface area (Å²) in [5.74, 6) is 0. The lowest BCUT2D eigenvalue weighted by Gasteiger charge is -2.50. The van der Waals surface area contributed by atoms with Crippen LogP contribution >= 0.6 is 0 Å². The first-order chi connectivity index (χ1) is 9.11. The fraction of sp³-hybridized carbons (Fsp3) is 1.00. The molecule has 3 unspecified atom stereocenters. The van der Waals surface area contributed by atoms with Gasteiger partial charge in [-0.1, -0.05) is 6.92 Å². The Balaban J connectivity index is 2.17. The predicted octanol–water partition coefficient (Wildman–Crippen LogP) is 1.30. The minimum absolute atomic E-state index is 0.198. The molecule has 0 saturated carbocycles. The Bertz CT molecular complexity index is 287. The molecule has 0 aromatic rings. The smallest absolute Gasteiger partial charge is 0.0675 e. The monoisotopic (exact) mass is 269 g/mol. The van der Waals surface area contributed by atoms with E-state index in [0.29, 0.717) is 12.1 Å². The fourth-order valence-corrected chi connectivity index (χ4v) is 3.69. The molecule has 2 N–H and O–H groups in total. The first-order valence-corrected chi connectivity index (χ1v) is 7.88. The Morgan fingerprint density at radius 1 is 1.32 bits per heavy atom. The van der Waals surface area contributed by atoms with Gasteiger partial charge in [-0.3, -0.25) is 4.90 Å². The molecule has 112 valence electrons. The summed E-state index contributed by atoms with van der Waals surface area (Å²) in [5, 5.41) is 0. The lowest BCUT2D eigenvalue weighted by Crippen LogP contribution is -2.63. The Morgan fingerprint density at radius 2 is 2.11 bits per heavy atom. The van der Waals surface area contributed by atoms with Gasteiger partial charge in [0.1, 0.15) is 0 Å². The van der Waals surface area contributed by atoms with Crippen LogP contribution in [-0.4, -0.2) is 67.3 Å². The second-order valence-electron chi connectivity index (χ2n) is 6.44. The second-order valence-corrected chi connectivity index (χ2v) is 6.44. The van der Waals surface area contributed by atoms with Crippen LogP contribution in [0.3, 0.4) is 0 Å². The summed E-state index contributed by atoms with van der Waals surface area (Å²) in [6.07, 6.45) is 5.19. The summed E-state index contributed by atoms with van der Waals surface area (Å²) >= 11 is 0. The molecule has 0 radical (unpaired) electrons. The maximum atomic E-state index is 6.25. The highest BCUT2D eigenvalue weighted by Gasteiger charge is 2.42. The van der Waals surface area contributed by atoms with Crippen molar-refractivity contribution >= 4 is 0 Å². The normalized spacial score (nSPS) is 39.2. The number of rotatable bonds is 3. The summed E-state index contributed by atoms with van der Waals surface area (Å²) in [5.41, 5.74) is 6.44. The van der Waals surface area contributed by atoms with Gasteiger partial charge in [0.2, 0.25) is 0 Å². The van der Waals surface area contributed by atoms with Crippen molar-refractivity contribution in [3.63, 3.8) is 0 Å². The summed E-state index contributed by atoms with van der Waals surface area (Å²) < 4.78 is 5.85. The van der Waals surface area contributed by atoms with Crippen molar-refractivity contribution < 1.29 is 4.74 Å². The number of morpholine rings is 1. The van der Waals surface area contributed by atoms with Gasteiger partial charge in [0.15, 0.2) is 0 Å². The third-order valence-electron chi connectivity index (χ3n) is 5.07. The molecule has 0 aromatic heterocycles. The predicted molar refractivity (Wildman–Crippen MR) is 79.3 cm³/mol. The molecule has 0 aromatic carbocycles. The number of nitrogens with zero attached hydrogens (tertiary/aromatic N) is 2. The summed E-state index contributed by atoms with van der Waals surface area (Å²) in [7, 11) is 2.23. The van der Waals surface area contributed by atoms with Crippen molar-refractivity contribution in [2.24, 2.45) is 5.73 Å². The van der Waals surface area contributed by atoms with E-state index in [9.17, 15) is 0 Å². The van der Waals surface area contributed by atoms with Crippen molar-refractivity contribution in [1.82, 2.24) is 9.80 Å². The molecular formula is C15H31N3O. The summed E-state index contributed by atoms with van der Waals surface area (Å²) in [4.78, 5) is 5.14. The Hall–Kier alpha value is -0.160. The van der Waals surface area contributed by atoms with Crippen LogP contribution in [0.15, 0.2) is 0 Å². The van der Waals surface area contributed by atoms with E-state index in [2.05, 4.69) is 30.7 Å². The second kappa shape index (κ2) is 6.53. The number of ether oxygens (including phenoxy) is 1. The van der Waals surface area contributed by atoms with E-state index in [1.54, 1.807) is 0 Å². The third-order valence-corrected chi connectivity index (χ3v) is 5.07. The molecule has 3 atom stereocenters. The van der Waals surface area contributed by atoms with Crippen molar-refractivity contribution in [3.8, 4) is 0 Å². The lowest BCUT2D eigenvalue weighted by molar-refractivity contribution is -0.102. The van der Waals surface area contributed by atoms with E-state index in [1.165, 1.54) is 32.4 Å². The first kappa shape index (κ1) is 15.2. The van der Waals surface area contributed by atoms with E-state index < -0.39 is 0 Å². The van der Waals surface area contributed by atoms with Crippen molar-refractivity contribution in [2.45, 2.75) is 57.2 Å². The van der Waals surface area contributed by atoms with E-state index in [0.717, 1.165) is 26.1 Å². The first-order valence-electron chi connectivity index (χ1n) is 7.88. The van der Waals surface area contributed by atoms with Crippen LogP contribution in [0.1, 0.15) is 39.5 Å². The third kappa shape index (κ3) is 3.30. The summed E-state index contributed by atoms with van der Waals surface area (Å²) in [6.45, 7) is 9.52. The standard InChI is InChI=1S/C15H31N3O/c1-4-14-11-19-13(2)10-18(14)15(12-16)6-5-8-17(3)9-7-15/h13-14H,4-12,16H2,1-3H3. The maximum absolute atomic E-state index is 6.25. The molecular weight excluding hydrogens is 238 g/mol. The van der Waals surface area contributed by atoms with Gasteiger partial charge in [-0.2, -0.15) is 0 Å². The van der Waals surface area contributed by atoms with Crippen LogP contribution in [0.2, 0.25) is 0 Å². The molecule has 2 saturated heterocycles. The van der Waals surface area contributed by atoms with Gasteiger partial charge in [-0.25, -0.2) is 0 Å². The fourth-order valence-electron chi connectivity index (χ4n) is 3.69. The molecule has 2 rings (SSSR count). The molecule has 0 amide bonds. The minimum Gasteiger partial charge on any atom is -0.376 e. The molecule has 4 nitrogen and oxygen atoms in total. The van der Waals surface area contributed by atoms with E-state index in [-0.39, 0.29) is 5.54 Å². The van der Waals surface area contributed by atoms with Crippen LogP contribution in [-0.2, 0) is 4.74 Å². The number of hydrogen-bond donors (Lipinski definition) is 1. The zero-order chi connectivity index (χ0) is 13.9. The number of nitrogens with two attached hydrogens (primary N) is 1. The molecule has 0 bridgehead atoms. The van der Waals surface area contributed by atoms with Crippen LogP contribution in [0.25, 0.3) is 0 Å². The minimum atomic E-state index is 0.198. The topological polar surface area (TPSA) is 41.7 Å². The molecule has 2 aliphatic rings. The van der Waals surface area contributed by atoms with Crippen LogP contribution in [0, 0.1) is 0 Å². The SMILES string of the molecule is CCC1COC(C)CN1C1(CN)CCCN(C)CC1. The van der Waals surface area contributed by atoms with Crippen molar-refractivity contribution in [2.75, 3.05) is 39.8 Å². The van der Waals surface area contributed by atoms with Gasteiger partial charge in [-0.05, 0) is 52.7 Å². The highest BCUT2D eigenvalue weighted by Crippen LogP contribution is 2.32. The molecule has 2 fully saturated rings. The van der Waals surface area contributed by atoms with E-state index >= 15 is 0 Å². The van der Waals surface area contributed by atoms with Gasteiger partial charge in [0.05, 0.1) is 12.7 Å². The lowest BCUT2D eigenvalue weighted by atomic mass is 9.85. The number of hydrogen-bond acceptors (Lipinski definition) is 4. The van der Waals surface area contributed by atoms with E-state index in [1.807, 2.05) is 0 Å². The summed E-state index contributed by atoms with van der Waals surface area (Å²) in [6, 6.07) is 0.545. The Labute approximate surface area is 118 Å². The molecule has 4 heteroatoms. The average molecular weight is 269 g/mol. The van der Waals surface area contributed by atoms with Crippen molar-refractivity contribution in [3.05, 3.63) is 0 Å². The molecule has 19 heavy (non-hydrogen) atoms.